The highest BCUT2D eigenvalue weighted by Crippen LogP contribution is 2.36. The molecule has 6 heteroatoms. The van der Waals surface area contributed by atoms with E-state index < -0.39 is 10.0 Å². The standard InChI is InChI=1S/C19H24N2O2S2/c1-2-16-8-10-19(24-16)25(22,23)21-13-11-20(12-14-21)18-9-7-15-5-3-4-6-17(15)18/h3-6,8,10,18H,2,7,9,11-14H2,1H3. The number of hydrogen-bond acceptors (Lipinski definition) is 4. The van der Waals surface area contributed by atoms with E-state index in [9.17, 15) is 8.42 Å². The lowest BCUT2D eigenvalue weighted by Gasteiger charge is -2.37. The molecule has 0 radical (unpaired) electrons. The number of hydrogen-bond donors (Lipinski definition) is 0. The van der Waals surface area contributed by atoms with Crippen molar-refractivity contribution in [3.63, 3.8) is 0 Å². The van der Waals surface area contributed by atoms with Crippen LogP contribution in [0, 0.1) is 0 Å². The second-order valence-electron chi connectivity index (χ2n) is 6.77. The number of sulfonamides is 1. The molecule has 1 aromatic heterocycles. The first-order valence-corrected chi connectivity index (χ1v) is 11.3. The van der Waals surface area contributed by atoms with E-state index in [1.165, 1.54) is 22.5 Å². The first-order valence-electron chi connectivity index (χ1n) is 9.00. The van der Waals surface area contributed by atoms with Crippen molar-refractivity contribution in [2.24, 2.45) is 0 Å². The van der Waals surface area contributed by atoms with Crippen LogP contribution in [0.5, 0.6) is 0 Å². The number of fused-ring (bicyclic) bond motifs is 1. The van der Waals surface area contributed by atoms with E-state index >= 15 is 0 Å². The summed E-state index contributed by atoms with van der Waals surface area (Å²) in [6.45, 7) is 4.84. The summed E-state index contributed by atoms with van der Waals surface area (Å²) < 4.78 is 27.9. The molecule has 4 rings (SSSR count). The average Bonchev–Trinajstić information content (AvgIpc) is 3.29. The Bertz CT molecular complexity index is 852. The molecule has 1 atom stereocenters. The Morgan fingerprint density at radius 3 is 2.56 bits per heavy atom. The number of rotatable bonds is 4. The van der Waals surface area contributed by atoms with Crippen molar-refractivity contribution >= 4 is 21.4 Å². The minimum Gasteiger partial charge on any atom is -0.294 e. The highest BCUT2D eigenvalue weighted by Gasteiger charge is 2.34. The van der Waals surface area contributed by atoms with Crippen LogP contribution in [0.25, 0.3) is 0 Å². The molecule has 1 unspecified atom stereocenters. The second kappa shape index (κ2) is 6.83. The Balaban J connectivity index is 1.45. The molecular weight excluding hydrogens is 352 g/mol. The molecule has 0 bridgehead atoms. The van der Waals surface area contributed by atoms with Gasteiger partial charge < -0.3 is 0 Å². The summed E-state index contributed by atoms with van der Waals surface area (Å²) in [6, 6.07) is 12.8. The van der Waals surface area contributed by atoms with Crippen LogP contribution in [0.2, 0.25) is 0 Å². The van der Waals surface area contributed by atoms with Crippen LogP contribution in [0.3, 0.4) is 0 Å². The smallest absolute Gasteiger partial charge is 0.252 e. The Hall–Kier alpha value is -1.21. The quantitative estimate of drug-likeness (QED) is 0.822. The number of nitrogens with zero attached hydrogens (tertiary/aromatic N) is 2. The molecule has 4 nitrogen and oxygen atoms in total. The number of thiophene rings is 1. The maximum absolute atomic E-state index is 12.9. The molecule has 25 heavy (non-hydrogen) atoms. The lowest BCUT2D eigenvalue weighted by atomic mass is 10.1. The molecule has 0 amide bonds. The number of benzene rings is 1. The zero-order valence-electron chi connectivity index (χ0n) is 14.5. The third-order valence-corrected chi connectivity index (χ3v) is 8.99. The molecular formula is C19H24N2O2S2. The average molecular weight is 377 g/mol. The van der Waals surface area contributed by atoms with Crippen molar-refractivity contribution in [2.45, 2.75) is 36.4 Å². The Morgan fingerprint density at radius 2 is 1.84 bits per heavy atom. The predicted octanol–water partition coefficient (Wildman–Crippen LogP) is 3.30. The highest BCUT2D eigenvalue weighted by atomic mass is 32.2. The minimum atomic E-state index is -3.33. The van der Waals surface area contributed by atoms with Crippen LogP contribution in [0.15, 0.2) is 40.6 Å². The van der Waals surface area contributed by atoms with Gasteiger partial charge in [0.25, 0.3) is 10.0 Å². The molecule has 1 aromatic carbocycles. The maximum atomic E-state index is 12.9. The van der Waals surface area contributed by atoms with Gasteiger partial charge in [0.15, 0.2) is 0 Å². The van der Waals surface area contributed by atoms with Gasteiger partial charge in [0.05, 0.1) is 0 Å². The van der Waals surface area contributed by atoms with Crippen LogP contribution in [-0.4, -0.2) is 43.8 Å². The number of aryl methyl sites for hydroxylation is 2. The Morgan fingerprint density at radius 1 is 1.08 bits per heavy atom. The lowest BCUT2D eigenvalue weighted by Crippen LogP contribution is -2.49. The first kappa shape index (κ1) is 17.2. The maximum Gasteiger partial charge on any atom is 0.252 e. The first-order chi connectivity index (χ1) is 12.1. The normalized spacial score (nSPS) is 22.2. The van der Waals surface area contributed by atoms with Crippen molar-refractivity contribution in [1.29, 1.82) is 0 Å². The van der Waals surface area contributed by atoms with Gasteiger partial charge in [-0.15, -0.1) is 11.3 Å². The molecule has 0 saturated carbocycles. The Labute approximate surface area is 154 Å². The summed E-state index contributed by atoms with van der Waals surface area (Å²) in [5.74, 6) is 0. The largest absolute Gasteiger partial charge is 0.294 e. The van der Waals surface area contributed by atoms with E-state index in [4.69, 9.17) is 0 Å². The minimum absolute atomic E-state index is 0.453. The number of piperazine rings is 1. The van der Waals surface area contributed by atoms with Gasteiger partial charge in [-0.3, -0.25) is 4.90 Å². The van der Waals surface area contributed by atoms with Crippen LogP contribution < -0.4 is 0 Å². The SMILES string of the molecule is CCc1ccc(S(=O)(=O)N2CCN(C3CCc4ccccc43)CC2)s1. The third-order valence-electron chi connectivity index (χ3n) is 5.39. The van der Waals surface area contributed by atoms with Crippen molar-refractivity contribution < 1.29 is 8.42 Å². The summed E-state index contributed by atoms with van der Waals surface area (Å²) in [5, 5.41) is 0. The van der Waals surface area contributed by atoms with E-state index in [-0.39, 0.29) is 0 Å². The summed E-state index contributed by atoms with van der Waals surface area (Å²) >= 11 is 1.41. The second-order valence-corrected chi connectivity index (χ2v) is 10.1. The molecule has 2 aliphatic rings. The fourth-order valence-electron chi connectivity index (χ4n) is 3.98. The predicted molar refractivity (Wildman–Crippen MR) is 102 cm³/mol. The molecule has 1 fully saturated rings. The van der Waals surface area contributed by atoms with Crippen molar-refractivity contribution in [3.05, 3.63) is 52.4 Å². The summed E-state index contributed by atoms with van der Waals surface area (Å²) in [5.41, 5.74) is 2.89. The van der Waals surface area contributed by atoms with Gasteiger partial charge in [-0.25, -0.2) is 8.42 Å². The lowest BCUT2D eigenvalue weighted by molar-refractivity contribution is 0.137. The van der Waals surface area contributed by atoms with Gasteiger partial charge in [0, 0.05) is 37.1 Å². The third kappa shape index (κ3) is 3.16. The summed E-state index contributed by atoms with van der Waals surface area (Å²) in [6.07, 6.45) is 3.17. The molecule has 1 saturated heterocycles. The van der Waals surface area contributed by atoms with Crippen LogP contribution in [0.4, 0.5) is 0 Å². The zero-order chi connectivity index (χ0) is 17.4. The molecule has 0 N–H and O–H groups in total. The van der Waals surface area contributed by atoms with Crippen LogP contribution in [0.1, 0.15) is 35.4 Å². The zero-order valence-corrected chi connectivity index (χ0v) is 16.2. The van der Waals surface area contributed by atoms with E-state index in [0.717, 1.165) is 37.2 Å². The van der Waals surface area contributed by atoms with E-state index in [0.29, 0.717) is 23.3 Å². The molecule has 1 aliphatic heterocycles. The van der Waals surface area contributed by atoms with E-state index in [2.05, 4.69) is 36.1 Å². The van der Waals surface area contributed by atoms with Gasteiger partial charge in [-0.05, 0) is 42.5 Å². The molecule has 2 aromatic rings. The topological polar surface area (TPSA) is 40.6 Å². The molecule has 0 spiro atoms. The monoisotopic (exact) mass is 376 g/mol. The highest BCUT2D eigenvalue weighted by molar-refractivity contribution is 7.91. The van der Waals surface area contributed by atoms with Gasteiger partial charge in [0.2, 0.25) is 0 Å². The van der Waals surface area contributed by atoms with Crippen LogP contribution in [-0.2, 0) is 22.9 Å². The van der Waals surface area contributed by atoms with E-state index in [1.54, 1.807) is 10.4 Å². The van der Waals surface area contributed by atoms with Crippen LogP contribution >= 0.6 is 11.3 Å². The van der Waals surface area contributed by atoms with Gasteiger partial charge in [-0.1, -0.05) is 31.2 Å². The fraction of sp³-hybridized carbons (Fsp3) is 0.474. The molecule has 1 aliphatic carbocycles. The summed E-state index contributed by atoms with van der Waals surface area (Å²) in [4.78, 5) is 3.59. The summed E-state index contributed by atoms with van der Waals surface area (Å²) in [7, 11) is -3.33. The fourth-order valence-corrected chi connectivity index (χ4v) is 6.86. The van der Waals surface area contributed by atoms with Gasteiger partial charge >= 0.3 is 0 Å². The van der Waals surface area contributed by atoms with Crippen molar-refractivity contribution in [2.75, 3.05) is 26.2 Å². The van der Waals surface area contributed by atoms with E-state index in [1.807, 2.05) is 6.07 Å². The van der Waals surface area contributed by atoms with Crippen molar-refractivity contribution in [1.82, 2.24) is 9.21 Å². The molecule has 134 valence electrons. The van der Waals surface area contributed by atoms with Gasteiger partial charge in [-0.2, -0.15) is 4.31 Å². The molecule has 2 heterocycles. The Kier molecular flexibility index (Phi) is 4.71. The van der Waals surface area contributed by atoms with Gasteiger partial charge in [0.1, 0.15) is 4.21 Å². The van der Waals surface area contributed by atoms with Crippen molar-refractivity contribution in [3.8, 4) is 0 Å².